The van der Waals surface area contributed by atoms with Gasteiger partial charge in [0.2, 0.25) is 0 Å². The first-order valence-electron chi connectivity index (χ1n) is 11.5. The fourth-order valence-electron chi connectivity index (χ4n) is 3.61. The van der Waals surface area contributed by atoms with E-state index in [1.54, 1.807) is 18.2 Å². The Bertz CT molecular complexity index is 1260. The van der Waals surface area contributed by atoms with Gasteiger partial charge in [0.1, 0.15) is 5.75 Å². The van der Waals surface area contributed by atoms with Crippen molar-refractivity contribution in [3.8, 4) is 5.75 Å². The molecule has 3 aromatic rings. The van der Waals surface area contributed by atoms with E-state index in [0.29, 0.717) is 10.8 Å². The van der Waals surface area contributed by atoms with E-state index in [-0.39, 0.29) is 16.5 Å². The van der Waals surface area contributed by atoms with Crippen LogP contribution in [0.15, 0.2) is 76.1 Å². The maximum absolute atomic E-state index is 13.6. The molecule has 0 spiro atoms. The number of anilines is 1. The molecule has 0 saturated heterocycles. The summed E-state index contributed by atoms with van der Waals surface area (Å²) in [5.74, 6) is -0.00337. The smallest absolute Gasteiger partial charge is 0.278 e. The minimum Gasteiger partial charge on any atom is -0.483 e. The van der Waals surface area contributed by atoms with Crippen LogP contribution in [0.4, 0.5) is 5.69 Å². The Balaban J connectivity index is 1.95. The van der Waals surface area contributed by atoms with Crippen molar-refractivity contribution >= 4 is 49.1 Å². The fourth-order valence-corrected chi connectivity index (χ4v) is 5.52. The van der Waals surface area contributed by atoms with Crippen molar-refractivity contribution in [2.24, 2.45) is 0 Å². The van der Waals surface area contributed by atoms with Crippen molar-refractivity contribution in [1.82, 2.24) is 0 Å². The molecule has 186 valence electrons. The predicted molar refractivity (Wildman–Crippen MR) is 145 cm³/mol. The summed E-state index contributed by atoms with van der Waals surface area (Å²) in [6.07, 6.45) is 2.98. The monoisotopic (exact) mass is 577 g/mol. The van der Waals surface area contributed by atoms with Gasteiger partial charge in [-0.15, -0.1) is 0 Å². The molecule has 3 aromatic carbocycles. The van der Waals surface area contributed by atoms with Gasteiger partial charge >= 0.3 is 0 Å². The van der Waals surface area contributed by atoms with Gasteiger partial charge < -0.3 is 4.74 Å². The Morgan fingerprint density at radius 3 is 2.29 bits per heavy atom. The Labute approximate surface area is 221 Å². The van der Waals surface area contributed by atoms with Crippen molar-refractivity contribution in [2.45, 2.75) is 50.8 Å². The van der Waals surface area contributed by atoms with Crippen molar-refractivity contribution in [3.63, 3.8) is 0 Å². The highest BCUT2D eigenvalue weighted by atomic mass is 79.9. The second-order valence-corrected chi connectivity index (χ2v) is 11.7. The minimum atomic E-state index is -4.20. The van der Waals surface area contributed by atoms with Gasteiger partial charge in [0.15, 0.2) is 6.61 Å². The van der Waals surface area contributed by atoms with Crippen LogP contribution >= 0.6 is 27.5 Å². The average Bonchev–Trinajstić information content (AvgIpc) is 2.83. The number of hydrogen-bond donors (Lipinski definition) is 0. The summed E-state index contributed by atoms with van der Waals surface area (Å²) in [6, 6.07) is 18.3. The summed E-state index contributed by atoms with van der Waals surface area (Å²) in [5.41, 5.74) is 2.26. The van der Waals surface area contributed by atoms with E-state index in [1.165, 1.54) is 24.3 Å². The lowest BCUT2D eigenvalue weighted by Crippen LogP contribution is -2.40. The molecule has 0 aliphatic carbocycles. The summed E-state index contributed by atoms with van der Waals surface area (Å²) in [7, 11) is -4.20. The number of sulfonamides is 1. The van der Waals surface area contributed by atoms with Crippen LogP contribution in [-0.2, 0) is 21.2 Å². The van der Waals surface area contributed by atoms with Gasteiger partial charge in [-0.1, -0.05) is 66.9 Å². The quantitative estimate of drug-likeness (QED) is 0.252. The standard InChI is InChI=1S/C27H29BrClNO4S/c1-4-5-6-20-7-12-23(13-8-20)30(35(32,33)24-14-10-22(29)11-15-24)27(31)18-34-26-16-9-21(28)17-25(26)19(2)3/h7-17,19H,4-6,18H2,1-3H3. The lowest BCUT2D eigenvalue weighted by molar-refractivity contribution is -0.119. The SMILES string of the molecule is CCCCc1ccc(N(C(=O)COc2ccc(Br)cc2C(C)C)S(=O)(=O)c2ccc(Cl)cc2)cc1. The lowest BCUT2D eigenvalue weighted by Gasteiger charge is -2.23. The van der Waals surface area contributed by atoms with E-state index in [4.69, 9.17) is 16.3 Å². The average molecular weight is 579 g/mol. The number of aryl methyl sites for hydroxylation is 1. The number of rotatable bonds is 10. The Kier molecular flexibility index (Phi) is 9.39. The van der Waals surface area contributed by atoms with E-state index >= 15 is 0 Å². The van der Waals surface area contributed by atoms with Crippen LogP contribution in [-0.4, -0.2) is 20.9 Å². The van der Waals surface area contributed by atoms with Gasteiger partial charge in [0.05, 0.1) is 10.6 Å². The third-order valence-corrected chi connectivity index (χ3v) is 8.02. The number of ether oxygens (including phenoxy) is 1. The maximum Gasteiger partial charge on any atom is 0.278 e. The van der Waals surface area contributed by atoms with E-state index in [0.717, 1.165) is 39.2 Å². The molecule has 0 saturated carbocycles. The van der Waals surface area contributed by atoms with Gasteiger partial charge in [-0.3, -0.25) is 4.79 Å². The molecule has 0 heterocycles. The maximum atomic E-state index is 13.6. The number of carbonyl (C=O) groups is 1. The zero-order valence-corrected chi connectivity index (χ0v) is 23.2. The van der Waals surface area contributed by atoms with Gasteiger partial charge in [0, 0.05) is 9.50 Å². The van der Waals surface area contributed by atoms with Crippen LogP contribution in [0.2, 0.25) is 5.02 Å². The number of carbonyl (C=O) groups excluding carboxylic acids is 1. The van der Waals surface area contributed by atoms with E-state index < -0.39 is 22.5 Å². The molecule has 0 unspecified atom stereocenters. The highest BCUT2D eigenvalue weighted by molar-refractivity contribution is 9.10. The molecule has 1 amide bonds. The van der Waals surface area contributed by atoms with Gasteiger partial charge in [0.25, 0.3) is 15.9 Å². The van der Waals surface area contributed by atoms with Crippen LogP contribution in [0.25, 0.3) is 0 Å². The molecule has 0 radical (unpaired) electrons. The largest absolute Gasteiger partial charge is 0.483 e. The second kappa shape index (κ2) is 12.1. The zero-order valence-electron chi connectivity index (χ0n) is 20.0. The molecule has 35 heavy (non-hydrogen) atoms. The first-order valence-corrected chi connectivity index (χ1v) is 14.1. The summed E-state index contributed by atoms with van der Waals surface area (Å²) in [4.78, 5) is 13.4. The van der Waals surface area contributed by atoms with Crippen molar-refractivity contribution < 1.29 is 17.9 Å². The van der Waals surface area contributed by atoms with Gasteiger partial charge in [-0.2, -0.15) is 4.31 Å². The molecule has 0 aliphatic heterocycles. The van der Waals surface area contributed by atoms with Gasteiger partial charge in [-0.05, 0) is 84.5 Å². The number of halogens is 2. The highest BCUT2D eigenvalue weighted by Crippen LogP contribution is 2.30. The molecular formula is C27H29BrClNO4S. The topological polar surface area (TPSA) is 63.7 Å². The molecule has 8 heteroatoms. The molecule has 3 rings (SSSR count). The van der Waals surface area contributed by atoms with Crippen LogP contribution in [0.5, 0.6) is 5.75 Å². The van der Waals surface area contributed by atoms with E-state index in [9.17, 15) is 13.2 Å². The first-order chi connectivity index (χ1) is 16.6. The highest BCUT2D eigenvalue weighted by Gasteiger charge is 2.31. The first kappa shape index (κ1) is 27.2. The minimum absolute atomic E-state index is 0.0307. The molecule has 0 atom stereocenters. The number of amides is 1. The Morgan fingerprint density at radius 2 is 1.69 bits per heavy atom. The molecule has 0 fully saturated rings. The fraction of sp³-hybridized carbons (Fsp3) is 0.296. The normalized spacial score (nSPS) is 11.5. The molecule has 0 aromatic heterocycles. The number of benzene rings is 3. The van der Waals surface area contributed by atoms with Crippen LogP contribution in [0.1, 0.15) is 50.7 Å². The summed E-state index contributed by atoms with van der Waals surface area (Å²) < 4.78 is 34.7. The zero-order chi connectivity index (χ0) is 25.6. The number of nitrogens with zero attached hydrogens (tertiary/aromatic N) is 1. The summed E-state index contributed by atoms with van der Waals surface area (Å²) in [6.45, 7) is 5.72. The number of unbranched alkanes of at least 4 members (excludes halogenated alkanes) is 1. The van der Waals surface area contributed by atoms with Crippen molar-refractivity contribution in [3.05, 3.63) is 87.4 Å². The Morgan fingerprint density at radius 1 is 1.03 bits per heavy atom. The third kappa shape index (κ3) is 6.87. The number of hydrogen-bond acceptors (Lipinski definition) is 4. The van der Waals surface area contributed by atoms with Gasteiger partial charge in [-0.25, -0.2) is 8.42 Å². The van der Waals surface area contributed by atoms with Crippen LogP contribution in [0.3, 0.4) is 0 Å². The summed E-state index contributed by atoms with van der Waals surface area (Å²) in [5, 5.41) is 0.405. The summed E-state index contributed by atoms with van der Waals surface area (Å²) >= 11 is 9.41. The lowest BCUT2D eigenvalue weighted by atomic mass is 10.0. The van der Waals surface area contributed by atoms with Crippen molar-refractivity contribution in [1.29, 1.82) is 0 Å². The molecule has 5 nitrogen and oxygen atoms in total. The molecule has 0 N–H and O–H groups in total. The van der Waals surface area contributed by atoms with Crippen LogP contribution in [0, 0.1) is 0 Å². The van der Waals surface area contributed by atoms with Crippen LogP contribution < -0.4 is 9.04 Å². The molecule has 0 bridgehead atoms. The van der Waals surface area contributed by atoms with E-state index in [1.807, 2.05) is 38.1 Å². The third-order valence-electron chi connectivity index (χ3n) is 5.51. The predicted octanol–water partition coefficient (Wildman–Crippen LogP) is 7.37. The molecule has 0 aliphatic rings. The van der Waals surface area contributed by atoms with Crippen molar-refractivity contribution in [2.75, 3.05) is 10.9 Å². The second-order valence-electron chi connectivity index (χ2n) is 8.51. The molecular weight excluding hydrogens is 550 g/mol. The Hall–Kier alpha value is -2.35. The van der Waals surface area contributed by atoms with E-state index in [2.05, 4.69) is 22.9 Å².